The summed E-state index contributed by atoms with van der Waals surface area (Å²) in [7, 11) is -0.839. The predicted octanol–water partition coefficient (Wildman–Crippen LogP) is 2.85. The Labute approximate surface area is 175 Å². The molecule has 0 saturated heterocycles. The second-order valence-electron chi connectivity index (χ2n) is 6.52. The SMILES string of the molecule is COc1ccc(CN2C=C(C(=O)OCc3cccc(OC)c3)C(C)=NS2(=O)=O)cc1. The standard InChI is InChI=1S/C21H22N2O6S/c1-15-20(21(24)29-14-17-5-4-6-19(11-17)28-3)13-23(30(25,26)22-15)12-16-7-9-18(27-2)10-8-16/h4-11,13H,12,14H2,1-3H3. The summed E-state index contributed by atoms with van der Waals surface area (Å²) in [5.41, 5.74) is 1.63. The topological polar surface area (TPSA) is 94.5 Å². The molecule has 0 aliphatic carbocycles. The number of methoxy groups -OCH3 is 2. The van der Waals surface area contributed by atoms with Crippen LogP contribution in [0.2, 0.25) is 0 Å². The van der Waals surface area contributed by atoms with Crippen LogP contribution in [0, 0.1) is 0 Å². The van der Waals surface area contributed by atoms with Crippen LogP contribution in [0.5, 0.6) is 11.5 Å². The van der Waals surface area contributed by atoms with Crippen LogP contribution in [-0.2, 0) is 32.9 Å². The molecule has 30 heavy (non-hydrogen) atoms. The highest BCUT2D eigenvalue weighted by Crippen LogP contribution is 2.22. The molecule has 158 valence electrons. The zero-order chi connectivity index (χ0) is 21.7. The van der Waals surface area contributed by atoms with Crippen molar-refractivity contribution < 1.29 is 27.4 Å². The molecular formula is C21H22N2O6S. The number of benzene rings is 2. The summed E-state index contributed by atoms with van der Waals surface area (Å²) in [5.74, 6) is 0.648. The highest BCUT2D eigenvalue weighted by molar-refractivity contribution is 7.88. The van der Waals surface area contributed by atoms with Crippen LogP contribution in [0.1, 0.15) is 18.1 Å². The summed E-state index contributed by atoms with van der Waals surface area (Å²) in [6.45, 7) is 1.50. The normalized spacial score (nSPS) is 15.1. The number of carbonyl (C=O) groups excluding carboxylic acids is 1. The Hall–Kier alpha value is -3.33. The summed E-state index contributed by atoms with van der Waals surface area (Å²) < 4.78 is 45.2. The quantitative estimate of drug-likeness (QED) is 0.627. The minimum absolute atomic E-state index is 0.0197. The molecule has 0 unspecified atom stereocenters. The Bertz CT molecular complexity index is 1090. The Kier molecular flexibility index (Phi) is 6.41. The summed E-state index contributed by atoms with van der Waals surface area (Å²) in [6.07, 6.45) is 1.26. The summed E-state index contributed by atoms with van der Waals surface area (Å²) in [6, 6.07) is 14.1. The van der Waals surface area contributed by atoms with Gasteiger partial charge in [-0.05, 0) is 42.3 Å². The molecule has 0 amide bonds. The molecule has 1 heterocycles. The first kappa shape index (κ1) is 21.4. The molecule has 0 radical (unpaired) electrons. The Morgan fingerprint density at radius 2 is 1.70 bits per heavy atom. The van der Waals surface area contributed by atoms with Crippen molar-refractivity contribution >= 4 is 21.9 Å². The number of hydrogen-bond donors (Lipinski definition) is 0. The van der Waals surface area contributed by atoms with E-state index in [9.17, 15) is 13.2 Å². The molecule has 0 aromatic heterocycles. The maximum Gasteiger partial charge on any atom is 0.344 e. The third kappa shape index (κ3) is 4.98. The van der Waals surface area contributed by atoms with Crippen LogP contribution in [0.25, 0.3) is 0 Å². The number of hydrogen-bond acceptors (Lipinski definition) is 6. The van der Waals surface area contributed by atoms with Crippen LogP contribution in [0.15, 0.2) is 64.7 Å². The molecule has 1 aliphatic rings. The average molecular weight is 430 g/mol. The van der Waals surface area contributed by atoms with Crippen LogP contribution in [0.4, 0.5) is 0 Å². The molecule has 2 aromatic rings. The third-order valence-corrected chi connectivity index (χ3v) is 5.76. The van der Waals surface area contributed by atoms with Gasteiger partial charge >= 0.3 is 16.2 Å². The maximum absolute atomic E-state index is 12.6. The second kappa shape index (κ2) is 9.00. The van der Waals surface area contributed by atoms with Gasteiger partial charge in [0.1, 0.15) is 18.1 Å². The zero-order valence-corrected chi connectivity index (χ0v) is 17.7. The van der Waals surface area contributed by atoms with Crippen LogP contribution in [0.3, 0.4) is 0 Å². The van der Waals surface area contributed by atoms with E-state index >= 15 is 0 Å². The predicted molar refractivity (Wildman–Crippen MR) is 111 cm³/mol. The van der Waals surface area contributed by atoms with Gasteiger partial charge in [-0.1, -0.05) is 24.3 Å². The van der Waals surface area contributed by atoms with E-state index in [1.54, 1.807) is 62.8 Å². The molecular weight excluding hydrogens is 408 g/mol. The van der Waals surface area contributed by atoms with Crippen molar-refractivity contribution in [3.63, 3.8) is 0 Å². The lowest BCUT2D eigenvalue weighted by Crippen LogP contribution is -2.31. The van der Waals surface area contributed by atoms with Gasteiger partial charge in [0.2, 0.25) is 0 Å². The molecule has 9 heteroatoms. The molecule has 3 rings (SSSR count). The van der Waals surface area contributed by atoms with E-state index in [2.05, 4.69) is 4.40 Å². The molecule has 0 saturated carbocycles. The lowest BCUT2D eigenvalue weighted by atomic mass is 10.2. The largest absolute Gasteiger partial charge is 0.497 e. The summed E-state index contributed by atoms with van der Waals surface area (Å²) >= 11 is 0. The van der Waals surface area contributed by atoms with Gasteiger partial charge in [0.15, 0.2) is 0 Å². The van der Waals surface area contributed by atoms with E-state index in [0.717, 1.165) is 15.4 Å². The van der Waals surface area contributed by atoms with Gasteiger partial charge in [0.25, 0.3) is 0 Å². The average Bonchev–Trinajstić information content (AvgIpc) is 2.74. The smallest absolute Gasteiger partial charge is 0.344 e. The van der Waals surface area contributed by atoms with Gasteiger partial charge in [-0.3, -0.25) is 4.31 Å². The zero-order valence-electron chi connectivity index (χ0n) is 16.9. The van der Waals surface area contributed by atoms with Gasteiger partial charge in [0.05, 0.1) is 32.0 Å². The van der Waals surface area contributed by atoms with Gasteiger partial charge in [0, 0.05) is 6.20 Å². The van der Waals surface area contributed by atoms with E-state index < -0.39 is 16.2 Å². The molecule has 8 nitrogen and oxygen atoms in total. The molecule has 0 bridgehead atoms. The number of esters is 1. The van der Waals surface area contributed by atoms with E-state index in [0.29, 0.717) is 11.5 Å². The minimum Gasteiger partial charge on any atom is -0.497 e. The van der Waals surface area contributed by atoms with Crippen LogP contribution in [-0.4, -0.2) is 38.6 Å². The van der Waals surface area contributed by atoms with Crippen molar-refractivity contribution in [3.8, 4) is 11.5 Å². The van der Waals surface area contributed by atoms with E-state index in [1.807, 2.05) is 0 Å². The fraction of sp³-hybridized carbons (Fsp3) is 0.238. The highest BCUT2D eigenvalue weighted by atomic mass is 32.2. The maximum atomic E-state index is 12.6. The van der Waals surface area contributed by atoms with Gasteiger partial charge in [-0.2, -0.15) is 8.42 Å². The monoisotopic (exact) mass is 430 g/mol. The molecule has 0 fully saturated rings. The highest BCUT2D eigenvalue weighted by Gasteiger charge is 2.29. The summed E-state index contributed by atoms with van der Waals surface area (Å²) in [5, 5.41) is 0. The van der Waals surface area contributed by atoms with Crippen LogP contribution >= 0.6 is 0 Å². The second-order valence-corrected chi connectivity index (χ2v) is 8.07. The first-order valence-electron chi connectivity index (χ1n) is 9.06. The lowest BCUT2D eigenvalue weighted by molar-refractivity contribution is -0.139. The van der Waals surface area contributed by atoms with Crippen molar-refractivity contribution in [1.29, 1.82) is 0 Å². The van der Waals surface area contributed by atoms with Crippen molar-refractivity contribution in [2.45, 2.75) is 20.1 Å². The van der Waals surface area contributed by atoms with E-state index in [-0.39, 0.29) is 24.4 Å². The first-order valence-corrected chi connectivity index (χ1v) is 10.5. The lowest BCUT2D eigenvalue weighted by Gasteiger charge is -2.23. The third-order valence-electron chi connectivity index (χ3n) is 4.43. The first-order chi connectivity index (χ1) is 14.3. The number of ether oxygens (including phenoxy) is 3. The number of nitrogens with zero attached hydrogens (tertiary/aromatic N) is 2. The Morgan fingerprint density at radius 1 is 1.00 bits per heavy atom. The molecule has 2 aromatic carbocycles. The van der Waals surface area contributed by atoms with E-state index in [4.69, 9.17) is 14.2 Å². The van der Waals surface area contributed by atoms with Crippen LogP contribution < -0.4 is 9.47 Å². The minimum atomic E-state index is -3.94. The number of rotatable bonds is 7. The fourth-order valence-corrected chi connectivity index (χ4v) is 3.91. The number of carbonyl (C=O) groups is 1. The van der Waals surface area contributed by atoms with Crippen molar-refractivity contribution in [2.75, 3.05) is 14.2 Å². The molecule has 0 N–H and O–H groups in total. The van der Waals surface area contributed by atoms with Gasteiger partial charge in [-0.25, -0.2) is 4.79 Å². The van der Waals surface area contributed by atoms with Crippen molar-refractivity contribution in [2.24, 2.45) is 4.40 Å². The van der Waals surface area contributed by atoms with Gasteiger partial charge in [-0.15, -0.1) is 4.40 Å². The fourth-order valence-electron chi connectivity index (χ4n) is 2.81. The molecule has 1 aliphatic heterocycles. The Balaban J connectivity index is 1.76. The molecule has 0 atom stereocenters. The van der Waals surface area contributed by atoms with E-state index in [1.165, 1.54) is 13.1 Å². The van der Waals surface area contributed by atoms with Gasteiger partial charge < -0.3 is 14.2 Å². The molecule has 0 spiro atoms. The summed E-state index contributed by atoms with van der Waals surface area (Å²) in [4.78, 5) is 12.6. The van der Waals surface area contributed by atoms with Crippen molar-refractivity contribution in [1.82, 2.24) is 4.31 Å². The Morgan fingerprint density at radius 3 is 2.37 bits per heavy atom. The van der Waals surface area contributed by atoms with Crippen molar-refractivity contribution in [3.05, 3.63) is 71.4 Å².